The lowest BCUT2D eigenvalue weighted by atomic mass is 10.5. The number of rotatable bonds is 5. The van der Waals surface area contributed by atoms with Crippen molar-refractivity contribution in [2.45, 2.75) is 6.42 Å². The zero-order valence-electron chi connectivity index (χ0n) is 7.48. The Balaban J connectivity index is 2.22. The van der Waals surface area contributed by atoms with E-state index in [1.54, 1.807) is 0 Å². The molecular weight excluding hydrogens is 194 g/mol. The van der Waals surface area contributed by atoms with Gasteiger partial charge in [0.25, 0.3) is 0 Å². The number of hydrogen-bond donors (Lipinski definition) is 1. The summed E-state index contributed by atoms with van der Waals surface area (Å²) >= 11 is 0. The molecule has 0 bridgehead atoms. The Kier molecular flexibility index (Phi) is 4.11. The zero-order chi connectivity index (χ0) is 9.73. The maximum Gasteiger partial charge on any atom is 0.214 e. The maximum absolute atomic E-state index is 11.2. The van der Waals surface area contributed by atoms with E-state index in [-0.39, 0.29) is 19.0 Å². The van der Waals surface area contributed by atoms with Gasteiger partial charge in [-0.1, -0.05) is 0 Å². The summed E-state index contributed by atoms with van der Waals surface area (Å²) in [4.78, 5) is 0. The van der Waals surface area contributed by atoms with Gasteiger partial charge in [0.15, 0.2) is 0 Å². The highest BCUT2D eigenvalue weighted by Gasteiger charge is 2.27. The molecule has 1 fully saturated rings. The Bertz CT molecular complexity index is 239. The molecule has 0 amide bonds. The van der Waals surface area contributed by atoms with Gasteiger partial charge in [-0.15, -0.1) is 0 Å². The smallest absolute Gasteiger partial charge is 0.214 e. The fraction of sp³-hybridized carbons (Fsp3) is 1.00. The summed E-state index contributed by atoms with van der Waals surface area (Å²) < 4.78 is 28.9. The molecule has 0 radical (unpaired) electrons. The average Bonchev–Trinajstić information content (AvgIpc) is 2.40. The van der Waals surface area contributed by atoms with Gasteiger partial charge in [-0.25, -0.2) is 8.42 Å². The molecule has 0 unspecified atom stereocenters. The number of ether oxygens (including phenoxy) is 1. The summed E-state index contributed by atoms with van der Waals surface area (Å²) in [6.07, 6.45) is 0.711. The number of aliphatic hydroxyl groups excluding tert-OH is 1. The van der Waals surface area contributed by atoms with E-state index >= 15 is 0 Å². The Labute approximate surface area is 78.4 Å². The lowest BCUT2D eigenvalue weighted by Gasteiger charge is -2.13. The van der Waals surface area contributed by atoms with Crippen molar-refractivity contribution in [1.82, 2.24) is 4.31 Å². The molecule has 0 aromatic carbocycles. The van der Waals surface area contributed by atoms with E-state index in [0.717, 1.165) is 0 Å². The van der Waals surface area contributed by atoms with Crippen LogP contribution in [0, 0.1) is 0 Å². The SMILES string of the molecule is O=S1(=O)CCCN1CCOCCO. The third-order valence-electron chi connectivity index (χ3n) is 1.92. The molecule has 0 aromatic rings. The molecule has 1 aliphatic rings. The van der Waals surface area contributed by atoms with Crippen LogP contribution >= 0.6 is 0 Å². The molecule has 5 nitrogen and oxygen atoms in total. The number of sulfonamides is 1. The van der Waals surface area contributed by atoms with Crippen molar-refractivity contribution >= 4 is 10.0 Å². The van der Waals surface area contributed by atoms with Crippen LogP contribution in [0.15, 0.2) is 0 Å². The quantitative estimate of drug-likeness (QED) is 0.592. The first kappa shape index (κ1) is 10.9. The highest BCUT2D eigenvalue weighted by molar-refractivity contribution is 7.89. The largest absolute Gasteiger partial charge is 0.394 e. The third-order valence-corrected chi connectivity index (χ3v) is 3.88. The van der Waals surface area contributed by atoms with Crippen molar-refractivity contribution in [1.29, 1.82) is 0 Å². The maximum atomic E-state index is 11.2. The normalized spacial score (nSPS) is 22.2. The third kappa shape index (κ3) is 3.22. The van der Waals surface area contributed by atoms with Gasteiger partial charge in [0.1, 0.15) is 0 Å². The van der Waals surface area contributed by atoms with Gasteiger partial charge in [-0.05, 0) is 6.42 Å². The minimum atomic E-state index is -2.98. The monoisotopic (exact) mass is 209 g/mol. The first-order valence-electron chi connectivity index (χ1n) is 4.33. The van der Waals surface area contributed by atoms with Crippen LogP contribution in [0.4, 0.5) is 0 Å². The molecule has 1 rings (SSSR count). The Hall–Kier alpha value is -0.170. The second-order valence-electron chi connectivity index (χ2n) is 2.90. The van der Waals surface area contributed by atoms with Crippen LogP contribution in [-0.4, -0.2) is 56.5 Å². The predicted molar refractivity (Wildman–Crippen MR) is 47.9 cm³/mol. The van der Waals surface area contributed by atoms with E-state index in [9.17, 15) is 8.42 Å². The molecular formula is C7H15NO4S. The van der Waals surface area contributed by atoms with Gasteiger partial charge in [0.2, 0.25) is 10.0 Å². The highest BCUT2D eigenvalue weighted by atomic mass is 32.2. The van der Waals surface area contributed by atoms with E-state index in [1.165, 1.54) is 4.31 Å². The van der Waals surface area contributed by atoms with Crippen molar-refractivity contribution in [3.63, 3.8) is 0 Å². The summed E-state index contributed by atoms with van der Waals surface area (Å²) in [5, 5.41) is 8.40. The molecule has 1 N–H and O–H groups in total. The van der Waals surface area contributed by atoms with Crippen molar-refractivity contribution in [2.24, 2.45) is 0 Å². The first-order valence-corrected chi connectivity index (χ1v) is 5.94. The molecule has 0 aliphatic carbocycles. The molecule has 0 atom stereocenters. The fourth-order valence-electron chi connectivity index (χ4n) is 1.28. The molecule has 1 aliphatic heterocycles. The lowest BCUT2D eigenvalue weighted by molar-refractivity contribution is 0.0863. The molecule has 6 heteroatoms. The lowest BCUT2D eigenvalue weighted by Crippen LogP contribution is -2.29. The van der Waals surface area contributed by atoms with E-state index in [2.05, 4.69) is 0 Å². The fourth-order valence-corrected chi connectivity index (χ4v) is 2.79. The highest BCUT2D eigenvalue weighted by Crippen LogP contribution is 2.11. The second-order valence-corrected chi connectivity index (χ2v) is 4.99. The minimum Gasteiger partial charge on any atom is -0.394 e. The standard InChI is InChI=1S/C7H15NO4S/c9-4-6-12-5-3-8-2-1-7-13(8,10)11/h9H,1-7H2. The van der Waals surface area contributed by atoms with Gasteiger partial charge in [-0.3, -0.25) is 0 Å². The van der Waals surface area contributed by atoms with Crippen LogP contribution in [0.5, 0.6) is 0 Å². The summed E-state index contributed by atoms with van der Waals surface area (Å²) in [5.41, 5.74) is 0. The average molecular weight is 209 g/mol. The summed E-state index contributed by atoms with van der Waals surface area (Å²) in [7, 11) is -2.98. The molecule has 13 heavy (non-hydrogen) atoms. The van der Waals surface area contributed by atoms with Crippen molar-refractivity contribution in [3.8, 4) is 0 Å². The van der Waals surface area contributed by atoms with Crippen LogP contribution in [-0.2, 0) is 14.8 Å². The summed E-state index contributed by atoms with van der Waals surface area (Å²) in [6, 6.07) is 0. The van der Waals surface area contributed by atoms with Crippen LogP contribution in [0.2, 0.25) is 0 Å². The van der Waals surface area contributed by atoms with Gasteiger partial charge in [0.05, 0.1) is 25.6 Å². The number of hydrogen-bond acceptors (Lipinski definition) is 4. The Morgan fingerprint density at radius 2 is 2.15 bits per heavy atom. The molecule has 0 aromatic heterocycles. The van der Waals surface area contributed by atoms with Crippen LogP contribution in [0.25, 0.3) is 0 Å². The number of aliphatic hydroxyl groups is 1. The van der Waals surface area contributed by atoms with E-state index in [1.807, 2.05) is 0 Å². The van der Waals surface area contributed by atoms with Gasteiger partial charge in [0, 0.05) is 13.1 Å². The Morgan fingerprint density at radius 1 is 1.38 bits per heavy atom. The van der Waals surface area contributed by atoms with Gasteiger partial charge >= 0.3 is 0 Å². The molecule has 0 spiro atoms. The summed E-state index contributed by atoms with van der Waals surface area (Å²) in [5.74, 6) is 0.257. The van der Waals surface area contributed by atoms with Crippen LogP contribution < -0.4 is 0 Å². The van der Waals surface area contributed by atoms with Crippen molar-refractivity contribution in [3.05, 3.63) is 0 Å². The van der Waals surface area contributed by atoms with Crippen LogP contribution in [0.3, 0.4) is 0 Å². The molecule has 1 saturated heterocycles. The topological polar surface area (TPSA) is 66.8 Å². The van der Waals surface area contributed by atoms with Gasteiger partial charge in [-0.2, -0.15) is 4.31 Å². The Morgan fingerprint density at radius 3 is 2.69 bits per heavy atom. The van der Waals surface area contributed by atoms with E-state index in [0.29, 0.717) is 26.1 Å². The summed E-state index contributed by atoms with van der Waals surface area (Å²) in [6.45, 7) is 1.62. The molecule has 0 saturated carbocycles. The van der Waals surface area contributed by atoms with Crippen LogP contribution in [0.1, 0.15) is 6.42 Å². The molecule has 78 valence electrons. The van der Waals surface area contributed by atoms with Gasteiger partial charge < -0.3 is 9.84 Å². The van der Waals surface area contributed by atoms with Crippen molar-refractivity contribution < 1.29 is 18.3 Å². The van der Waals surface area contributed by atoms with Crippen molar-refractivity contribution in [2.75, 3.05) is 38.7 Å². The minimum absolute atomic E-state index is 0.0211. The zero-order valence-corrected chi connectivity index (χ0v) is 8.29. The van der Waals surface area contributed by atoms with E-state index in [4.69, 9.17) is 9.84 Å². The first-order chi connectivity index (χ1) is 6.17. The second kappa shape index (κ2) is 4.90. The predicted octanol–water partition coefficient (Wildman–Crippen LogP) is -0.969. The van der Waals surface area contributed by atoms with E-state index < -0.39 is 10.0 Å². The number of nitrogens with zero attached hydrogens (tertiary/aromatic N) is 1. The molecule has 1 heterocycles.